The van der Waals surface area contributed by atoms with Crippen LogP contribution in [0.2, 0.25) is 0 Å². The first-order valence-electron chi connectivity index (χ1n) is 26.8. The zero-order chi connectivity index (χ0) is 49.2. The van der Waals surface area contributed by atoms with Crippen molar-refractivity contribution in [3.8, 4) is 0 Å². The summed E-state index contributed by atoms with van der Waals surface area (Å²) in [6.45, 7) is 4.04. The van der Waals surface area contributed by atoms with Crippen molar-refractivity contribution in [2.24, 2.45) is 0 Å². The lowest BCUT2D eigenvalue weighted by Crippen LogP contribution is -2.37. The monoisotopic (exact) mass is 958 g/mol. The Labute approximate surface area is 411 Å². The summed E-state index contributed by atoms with van der Waals surface area (Å²) in [6.07, 6.45) is 63.9. The summed E-state index contributed by atoms with van der Waals surface area (Å²) >= 11 is 0. The van der Waals surface area contributed by atoms with Gasteiger partial charge in [0.1, 0.15) is 19.8 Å². The van der Waals surface area contributed by atoms with Gasteiger partial charge in [0.25, 0.3) is 7.82 Å². The first-order chi connectivity index (χ1) is 32.5. The molecule has 0 rings (SSSR count). The first kappa shape index (κ1) is 64.2. The molecule has 10 heteroatoms. The van der Waals surface area contributed by atoms with Crippen molar-refractivity contribution in [1.29, 1.82) is 0 Å². The molecule has 0 aliphatic rings. The van der Waals surface area contributed by atoms with E-state index in [9.17, 15) is 19.0 Å². The average molecular weight is 958 g/mol. The highest BCUT2D eigenvalue weighted by atomic mass is 31.2. The van der Waals surface area contributed by atoms with Crippen LogP contribution < -0.4 is 4.89 Å². The second kappa shape index (κ2) is 48.2. The molecule has 2 atom stereocenters. The van der Waals surface area contributed by atoms with Gasteiger partial charge < -0.3 is 27.9 Å². The van der Waals surface area contributed by atoms with E-state index in [1.54, 1.807) is 0 Å². The van der Waals surface area contributed by atoms with Gasteiger partial charge in [-0.1, -0.05) is 214 Å². The number of hydrogen-bond donors (Lipinski definition) is 0. The fourth-order valence-corrected chi connectivity index (χ4v) is 7.78. The van der Waals surface area contributed by atoms with Gasteiger partial charge >= 0.3 is 11.9 Å². The molecule has 9 nitrogen and oxygen atoms in total. The van der Waals surface area contributed by atoms with Crippen molar-refractivity contribution in [3.63, 3.8) is 0 Å². The van der Waals surface area contributed by atoms with Crippen LogP contribution in [0.4, 0.5) is 0 Å². The topological polar surface area (TPSA) is 111 Å². The summed E-state index contributed by atoms with van der Waals surface area (Å²) in [6, 6.07) is 0. The SMILES string of the molecule is CC/C=C\C/C=C\C/C=C\C/C=C\C/C=C\C/C=C\C/C=C\CCCCCCCCCCCCCCCCCC(=O)OC(COC(=O)CCCCCCCC)COP(=O)([O-])OCC[N+](C)(C)C. The largest absolute Gasteiger partial charge is 0.756 e. The molecule has 0 aliphatic carbocycles. The minimum Gasteiger partial charge on any atom is -0.756 e. The van der Waals surface area contributed by atoms with Crippen LogP contribution in [0.5, 0.6) is 0 Å². The normalized spacial score (nSPS) is 14.1. The molecule has 0 heterocycles. The molecule has 0 fully saturated rings. The van der Waals surface area contributed by atoms with E-state index in [0.717, 1.165) is 96.3 Å². The summed E-state index contributed by atoms with van der Waals surface area (Å²) in [4.78, 5) is 37.4. The Bertz CT molecular complexity index is 1410. The van der Waals surface area contributed by atoms with E-state index in [1.165, 1.54) is 83.5 Å². The lowest BCUT2D eigenvalue weighted by atomic mass is 10.0. The minimum atomic E-state index is -4.62. The predicted octanol–water partition coefficient (Wildman–Crippen LogP) is 15.7. The number of nitrogens with zero attached hydrogens (tertiary/aromatic N) is 1. The van der Waals surface area contributed by atoms with Gasteiger partial charge in [-0.3, -0.25) is 14.2 Å². The number of carbonyl (C=O) groups excluding carboxylic acids is 2. The number of phosphoric acid groups is 1. The van der Waals surface area contributed by atoms with Gasteiger partial charge in [0.05, 0.1) is 27.7 Å². The Hall–Kier alpha value is -2.81. The van der Waals surface area contributed by atoms with Gasteiger partial charge in [-0.15, -0.1) is 0 Å². The van der Waals surface area contributed by atoms with Crippen LogP contribution in [0.3, 0.4) is 0 Å². The van der Waals surface area contributed by atoms with Crippen LogP contribution in [0.1, 0.15) is 213 Å². The van der Waals surface area contributed by atoms with Crippen LogP contribution in [0.15, 0.2) is 85.1 Å². The maximum atomic E-state index is 12.7. The fraction of sp³-hybridized carbons (Fsp3) is 0.719. The van der Waals surface area contributed by atoms with Crippen LogP contribution in [0.25, 0.3) is 0 Å². The van der Waals surface area contributed by atoms with Gasteiger partial charge in [0.15, 0.2) is 6.10 Å². The number of carbonyl (C=O) groups is 2. The fourth-order valence-electron chi connectivity index (χ4n) is 7.05. The standard InChI is InChI=1S/C57H100NO8P/c1-6-8-10-12-14-15-16-17-18-19-20-21-22-23-24-25-26-27-28-29-30-31-32-33-34-35-36-37-38-39-40-41-42-43-44-46-48-50-57(60)66-55(53-63-56(59)49-47-45-13-11-9-7-2)54-65-67(61,62)64-52-51-58(3,4)5/h8,10,14-15,17-18,20-21,23-24,26-27,29-30,55H,6-7,9,11-13,16,19,22,25,28,31-54H2,1-5H3/b10-8-,15-14-,18-17-,21-20-,24-23-,27-26-,30-29-. The number of ether oxygens (including phenoxy) is 2. The van der Waals surface area contributed by atoms with Crippen molar-refractivity contribution in [1.82, 2.24) is 0 Å². The van der Waals surface area contributed by atoms with E-state index in [4.69, 9.17) is 18.5 Å². The van der Waals surface area contributed by atoms with E-state index in [2.05, 4.69) is 98.9 Å². The molecule has 0 N–H and O–H groups in total. The number of likely N-dealkylation sites (N-methyl/N-ethyl adjacent to an activating group) is 1. The molecule has 2 unspecified atom stereocenters. The van der Waals surface area contributed by atoms with E-state index in [1.807, 2.05) is 21.1 Å². The molecule has 0 aromatic carbocycles. The van der Waals surface area contributed by atoms with E-state index in [-0.39, 0.29) is 26.1 Å². The minimum absolute atomic E-state index is 0.0321. The van der Waals surface area contributed by atoms with E-state index in [0.29, 0.717) is 17.4 Å². The number of quaternary nitrogens is 1. The predicted molar refractivity (Wildman–Crippen MR) is 282 cm³/mol. The third-order valence-corrected chi connectivity index (χ3v) is 12.1. The second-order valence-corrected chi connectivity index (χ2v) is 20.3. The maximum Gasteiger partial charge on any atom is 0.306 e. The lowest BCUT2D eigenvalue weighted by Gasteiger charge is -2.28. The molecule has 0 saturated heterocycles. The molecule has 0 spiro atoms. The quantitative estimate of drug-likeness (QED) is 0.0195. The first-order valence-corrected chi connectivity index (χ1v) is 28.3. The van der Waals surface area contributed by atoms with E-state index >= 15 is 0 Å². The number of rotatable bonds is 48. The lowest BCUT2D eigenvalue weighted by molar-refractivity contribution is -0.870. The third-order valence-electron chi connectivity index (χ3n) is 11.2. The second-order valence-electron chi connectivity index (χ2n) is 18.9. The van der Waals surface area contributed by atoms with Crippen LogP contribution in [-0.2, 0) is 32.7 Å². The summed E-state index contributed by atoms with van der Waals surface area (Å²) in [7, 11) is 1.16. The molecule has 0 saturated carbocycles. The zero-order valence-corrected chi connectivity index (χ0v) is 44.5. The Morgan fingerprint density at radius 3 is 1.27 bits per heavy atom. The summed E-state index contributed by atoms with van der Waals surface area (Å²) in [5, 5.41) is 0. The molecule has 67 heavy (non-hydrogen) atoms. The Balaban J connectivity index is 3.91. The molecule has 0 aromatic heterocycles. The highest BCUT2D eigenvalue weighted by molar-refractivity contribution is 7.45. The van der Waals surface area contributed by atoms with Crippen LogP contribution >= 0.6 is 7.82 Å². The van der Waals surface area contributed by atoms with Crippen molar-refractivity contribution in [2.45, 2.75) is 219 Å². The Morgan fingerprint density at radius 1 is 0.478 bits per heavy atom. The van der Waals surface area contributed by atoms with Crippen molar-refractivity contribution in [3.05, 3.63) is 85.1 Å². The molecule has 0 amide bonds. The number of esters is 2. The highest BCUT2D eigenvalue weighted by Gasteiger charge is 2.21. The third kappa shape index (κ3) is 52.4. The van der Waals surface area contributed by atoms with Gasteiger partial charge in [-0.05, 0) is 70.6 Å². The summed E-state index contributed by atoms with van der Waals surface area (Å²) < 4.78 is 33.8. The number of phosphoric ester groups is 1. The smallest absolute Gasteiger partial charge is 0.306 e. The van der Waals surface area contributed by atoms with Gasteiger partial charge in [-0.2, -0.15) is 0 Å². The molecule has 0 aromatic rings. The molecule has 0 radical (unpaired) electrons. The van der Waals surface area contributed by atoms with E-state index < -0.39 is 32.5 Å². The zero-order valence-electron chi connectivity index (χ0n) is 43.6. The summed E-state index contributed by atoms with van der Waals surface area (Å²) in [5.74, 6) is -0.844. The summed E-state index contributed by atoms with van der Waals surface area (Å²) in [5.41, 5.74) is 0. The highest BCUT2D eigenvalue weighted by Crippen LogP contribution is 2.38. The number of hydrogen-bond acceptors (Lipinski definition) is 8. The molecule has 0 bridgehead atoms. The Kier molecular flexibility index (Phi) is 46.2. The van der Waals surface area contributed by atoms with Crippen molar-refractivity contribution < 1.29 is 42.1 Å². The number of allylic oxidation sites excluding steroid dienone is 14. The van der Waals surface area contributed by atoms with Crippen LogP contribution in [0, 0.1) is 0 Å². The van der Waals surface area contributed by atoms with Crippen molar-refractivity contribution >= 4 is 19.8 Å². The maximum absolute atomic E-state index is 12.7. The molecular formula is C57H100NO8P. The molecule has 0 aliphatic heterocycles. The van der Waals surface area contributed by atoms with Crippen LogP contribution in [-0.4, -0.2) is 70.0 Å². The number of unbranched alkanes of at least 4 members (excludes halogenated alkanes) is 20. The average Bonchev–Trinajstić information content (AvgIpc) is 3.29. The van der Waals surface area contributed by atoms with Gasteiger partial charge in [-0.25, -0.2) is 0 Å². The Morgan fingerprint density at radius 2 is 0.851 bits per heavy atom. The van der Waals surface area contributed by atoms with Gasteiger partial charge in [0.2, 0.25) is 0 Å². The van der Waals surface area contributed by atoms with Crippen molar-refractivity contribution in [2.75, 3.05) is 47.5 Å². The molecular weight excluding hydrogens is 858 g/mol. The molecule has 386 valence electrons. The van der Waals surface area contributed by atoms with Gasteiger partial charge in [0, 0.05) is 12.8 Å².